The Hall–Kier alpha value is -2.87. The van der Waals surface area contributed by atoms with E-state index in [2.05, 4.69) is 10.3 Å². The van der Waals surface area contributed by atoms with Gasteiger partial charge in [0.2, 0.25) is 11.8 Å². The van der Waals surface area contributed by atoms with Gasteiger partial charge in [-0.3, -0.25) is 4.79 Å². The lowest BCUT2D eigenvalue weighted by Gasteiger charge is -2.11. The number of nitriles is 1. The third kappa shape index (κ3) is 3.12. The van der Waals surface area contributed by atoms with Crippen LogP contribution in [0.25, 0.3) is 0 Å². The Morgan fingerprint density at radius 3 is 2.75 bits per heavy atom. The molecule has 100 valence electrons. The highest BCUT2D eigenvalue weighted by molar-refractivity contribution is 5.90. The number of pyridine rings is 1. The van der Waals surface area contributed by atoms with Gasteiger partial charge in [0.15, 0.2) is 5.75 Å². The second kappa shape index (κ2) is 5.85. The first-order valence-electron chi connectivity index (χ1n) is 6.02. The molecule has 5 nitrogen and oxygen atoms in total. The second-order valence-electron chi connectivity index (χ2n) is 4.20. The van der Waals surface area contributed by atoms with Crippen molar-refractivity contribution in [2.45, 2.75) is 13.8 Å². The van der Waals surface area contributed by atoms with Gasteiger partial charge in [-0.05, 0) is 31.2 Å². The fourth-order valence-corrected chi connectivity index (χ4v) is 1.65. The first-order chi connectivity index (χ1) is 9.60. The molecule has 0 saturated heterocycles. The van der Waals surface area contributed by atoms with Crippen LogP contribution >= 0.6 is 0 Å². The van der Waals surface area contributed by atoms with Gasteiger partial charge in [0.1, 0.15) is 11.6 Å². The van der Waals surface area contributed by atoms with Crippen LogP contribution in [0.15, 0.2) is 36.4 Å². The largest absolute Gasteiger partial charge is 0.435 e. The summed E-state index contributed by atoms with van der Waals surface area (Å²) < 4.78 is 5.66. The molecule has 0 saturated carbocycles. The number of benzene rings is 1. The van der Waals surface area contributed by atoms with Gasteiger partial charge in [0.25, 0.3) is 0 Å². The van der Waals surface area contributed by atoms with E-state index in [0.29, 0.717) is 17.0 Å². The summed E-state index contributed by atoms with van der Waals surface area (Å²) in [6.45, 7) is 3.23. The number of nitrogens with one attached hydrogen (secondary N) is 1. The van der Waals surface area contributed by atoms with E-state index in [-0.39, 0.29) is 11.8 Å². The number of para-hydroxylation sites is 2. The Labute approximate surface area is 116 Å². The first-order valence-corrected chi connectivity index (χ1v) is 6.02. The average molecular weight is 267 g/mol. The quantitative estimate of drug-likeness (QED) is 0.927. The summed E-state index contributed by atoms with van der Waals surface area (Å²) in [5.74, 6) is 0.473. The molecule has 0 spiro atoms. The summed E-state index contributed by atoms with van der Waals surface area (Å²) in [7, 11) is 0. The van der Waals surface area contributed by atoms with Crippen LogP contribution in [0.5, 0.6) is 11.6 Å². The van der Waals surface area contributed by atoms with E-state index in [4.69, 9.17) is 10.00 Å². The zero-order valence-electron chi connectivity index (χ0n) is 11.2. The molecule has 1 heterocycles. The minimum absolute atomic E-state index is 0.196. The van der Waals surface area contributed by atoms with Crippen LogP contribution in [0, 0.1) is 18.3 Å². The summed E-state index contributed by atoms with van der Waals surface area (Å²) in [5.41, 5.74) is 1.62. The number of carbonyl (C=O) groups is 1. The summed E-state index contributed by atoms with van der Waals surface area (Å²) in [6, 6.07) is 12.4. The SMILES string of the molecule is CC(=O)Nc1ccccc1Oc1nc(C)ccc1C#N. The maximum absolute atomic E-state index is 11.2. The van der Waals surface area contributed by atoms with Gasteiger partial charge in [-0.1, -0.05) is 12.1 Å². The Morgan fingerprint density at radius 1 is 1.30 bits per heavy atom. The maximum atomic E-state index is 11.2. The van der Waals surface area contributed by atoms with E-state index < -0.39 is 0 Å². The van der Waals surface area contributed by atoms with Crippen LogP contribution in [-0.4, -0.2) is 10.9 Å². The molecule has 1 amide bonds. The van der Waals surface area contributed by atoms with Gasteiger partial charge < -0.3 is 10.1 Å². The number of hydrogen-bond acceptors (Lipinski definition) is 4. The third-order valence-electron chi connectivity index (χ3n) is 2.52. The molecule has 2 rings (SSSR count). The molecule has 0 aliphatic heterocycles. The normalized spacial score (nSPS) is 9.65. The fraction of sp³-hybridized carbons (Fsp3) is 0.133. The standard InChI is InChI=1S/C15H13N3O2/c1-10-7-8-12(9-16)15(17-10)20-14-6-4-3-5-13(14)18-11(2)19/h3-8H,1-2H3,(H,18,19). The van der Waals surface area contributed by atoms with E-state index in [0.717, 1.165) is 5.69 Å². The van der Waals surface area contributed by atoms with Crippen molar-refractivity contribution in [3.63, 3.8) is 0 Å². The number of nitrogens with zero attached hydrogens (tertiary/aromatic N) is 2. The molecule has 2 aromatic rings. The van der Waals surface area contributed by atoms with Crippen molar-refractivity contribution < 1.29 is 9.53 Å². The number of hydrogen-bond donors (Lipinski definition) is 1. The Balaban J connectivity index is 2.38. The number of ether oxygens (including phenoxy) is 1. The molecule has 0 unspecified atom stereocenters. The van der Waals surface area contributed by atoms with Crippen molar-refractivity contribution in [2.75, 3.05) is 5.32 Å². The van der Waals surface area contributed by atoms with E-state index in [1.165, 1.54) is 6.92 Å². The summed E-state index contributed by atoms with van der Waals surface area (Å²) in [6.07, 6.45) is 0. The molecule has 0 aliphatic carbocycles. The molecule has 0 radical (unpaired) electrons. The van der Waals surface area contributed by atoms with E-state index >= 15 is 0 Å². The molecule has 1 aromatic carbocycles. The molecule has 1 N–H and O–H groups in total. The predicted molar refractivity (Wildman–Crippen MR) is 74.5 cm³/mol. The molecule has 0 atom stereocenters. The molecule has 1 aromatic heterocycles. The smallest absolute Gasteiger partial charge is 0.237 e. The van der Waals surface area contributed by atoms with Crippen molar-refractivity contribution in [1.29, 1.82) is 5.26 Å². The van der Waals surface area contributed by atoms with Crippen LogP contribution in [-0.2, 0) is 4.79 Å². The van der Waals surface area contributed by atoms with E-state index in [9.17, 15) is 4.79 Å². The van der Waals surface area contributed by atoms with E-state index in [1.807, 2.05) is 13.0 Å². The topological polar surface area (TPSA) is 75.0 Å². The van der Waals surface area contributed by atoms with Gasteiger partial charge in [-0.2, -0.15) is 5.26 Å². The summed E-state index contributed by atoms with van der Waals surface area (Å²) in [5, 5.41) is 11.7. The van der Waals surface area contributed by atoms with Crippen LogP contribution in [0.4, 0.5) is 5.69 Å². The highest BCUT2D eigenvalue weighted by Gasteiger charge is 2.10. The fourth-order valence-electron chi connectivity index (χ4n) is 1.65. The number of rotatable bonds is 3. The van der Waals surface area contributed by atoms with Crippen molar-refractivity contribution >= 4 is 11.6 Å². The molecule has 0 aliphatic rings. The molecule has 20 heavy (non-hydrogen) atoms. The zero-order valence-corrected chi connectivity index (χ0v) is 11.2. The highest BCUT2D eigenvalue weighted by atomic mass is 16.5. The molecule has 5 heteroatoms. The summed E-state index contributed by atoms with van der Waals surface area (Å²) in [4.78, 5) is 15.4. The lowest BCUT2D eigenvalue weighted by atomic mass is 10.2. The van der Waals surface area contributed by atoms with Gasteiger partial charge >= 0.3 is 0 Å². The first kappa shape index (κ1) is 13.6. The second-order valence-corrected chi connectivity index (χ2v) is 4.20. The Kier molecular flexibility index (Phi) is 3.96. The van der Waals surface area contributed by atoms with Gasteiger partial charge in [0, 0.05) is 12.6 Å². The monoisotopic (exact) mass is 267 g/mol. The van der Waals surface area contributed by atoms with Crippen LogP contribution in [0.3, 0.4) is 0 Å². The van der Waals surface area contributed by atoms with Crippen LogP contribution in [0.2, 0.25) is 0 Å². The lowest BCUT2D eigenvalue weighted by molar-refractivity contribution is -0.114. The zero-order chi connectivity index (χ0) is 14.5. The van der Waals surface area contributed by atoms with Gasteiger partial charge in [0.05, 0.1) is 5.69 Å². The molecule has 0 bridgehead atoms. The maximum Gasteiger partial charge on any atom is 0.237 e. The number of carbonyl (C=O) groups excluding carboxylic acids is 1. The van der Waals surface area contributed by atoms with Crippen molar-refractivity contribution in [3.8, 4) is 17.7 Å². The third-order valence-corrected chi connectivity index (χ3v) is 2.52. The Bertz CT molecular complexity index is 690. The Morgan fingerprint density at radius 2 is 2.05 bits per heavy atom. The van der Waals surface area contributed by atoms with Gasteiger partial charge in [-0.15, -0.1) is 0 Å². The minimum Gasteiger partial charge on any atom is -0.435 e. The van der Waals surface area contributed by atoms with Crippen molar-refractivity contribution in [1.82, 2.24) is 4.98 Å². The van der Waals surface area contributed by atoms with Crippen molar-refractivity contribution in [3.05, 3.63) is 47.7 Å². The number of aromatic nitrogens is 1. The minimum atomic E-state index is -0.196. The number of anilines is 1. The van der Waals surface area contributed by atoms with Gasteiger partial charge in [-0.25, -0.2) is 4.98 Å². The van der Waals surface area contributed by atoms with E-state index in [1.54, 1.807) is 36.4 Å². The van der Waals surface area contributed by atoms with Crippen LogP contribution < -0.4 is 10.1 Å². The number of amides is 1. The average Bonchev–Trinajstić information content (AvgIpc) is 2.41. The van der Waals surface area contributed by atoms with Crippen molar-refractivity contribution in [2.24, 2.45) is 0 Å². The molecular weight excluding hydrogens is 254 g/mol. The predicted octanol–water partition coefficient (Wildman–Crippen LogP) is 3.01. The van der Waals surface area contributed by atoms with Crippen LogP contribution in [0.1, 0.15) is 18.2 Å². The summed E-state index contributed by atoms with van der Waals surface area (Å²) >= 11 is 0. The number of aryl methyl sites for hydroxylation is 1. The molecular formula is C15H13N3O2. The lowest BCUT2D eigenvalue weighted by Crippen LogP contribution is -2.07. The highest BCUT2D eigenvalue weighted by Crippen LogP contribution is 2.30. The molecule has 0 fully saturated rings.